The number of hydrogen-bond donors (Lipinski definition) is 2. The molecule has 1 aromatic rings. The molecule has 1 saturated carbocycles. The van der Waals surface area contributed by atoms with Gasteiger partial charge in [-0.15, -0.1) is 11.3 Å². The van der Waals surface area contributed by atoms with Crippen molar-refractivity contribution < 1.29 is 9.53 Å². The highest BCUT2D eigenvalue weighted by atomic mass is 32.1. The summed E-state index contributed by atoms with van der Waals surface area (Å²) in [5.74, 6) is 5.54. The second-order valence-corrected chi connectivity index (χ2v) is 5.11. The van der Waals surface area contributed by atoms with Gasteiger partial charge < -0.3 is 4.74 Å². The Kier molecular flexibility index (Phi) is 4.47. The van der Waals surface area contributed by atoms with Crippen LogP contribution >= 0.6 is 11.3 Å². The number of nitrogen functional groups attached to an aromatic ring is 1. The van der Waals surface area contributed by atoms with Crippen LogP contribution in [0.3, 0.4) is 0 Å². The van der Waals surface area contributed by atoms with Crippen LogP contribution < -0.4 is 11.3 Å². The molecule has 1 heterocycles. The van der Waals surface area contributed by atoms with Gasteiger partial charge in [0.15, 0.2) is 5.01 Å². The SMILES string of the molecule is NNC(=O)c1nc(COCCC2CCC2)cs1. The number of amides is 1. The summed E-state index contributed by atoms with van der Waals surface area (Å²) >= 11 is 1.28. The molecule has 5 nitrogen and oxygen atoms in total. The summed E-state index contributed by atoms with van der Waals surface area (Å²) < 4.78 is 5.53. The zero-order valence-corrected chi connectivity index (χ0v) is 10.5. The zero-order chi connectivity index (χ0) is 12.1. The number of thiazole rings is 1. The molecule has 3 N–H and O–H groups in total. The first-order chi connectivity index (χ1) is 8.29. The molecule has 6 heteroatoms. The number of nitrogens with two attached hydrogens (primary N) is 1. The molecule has 0 radical (unpaired) electrons. The Bertz CT molecular complexity index is 377. The quantitative estimate of drug-likeness (QED) is 0.349. The largest absolute Gasteiger partial charge is 0.375 e. The van der Waals surface area contributed by atoms with E-state index in [0.29, 0.717) is 11.6 Å². The van der Waals surface area contributed by atoms with Crippen molar-refractivity contribution in [1.82, 2.24) is 10.4 Å². The first-order valence-electron chi connectivity index (χ1n) is 5.82. The molecule has 2 rings (SSSR count). The first-order valence-corrected chi connectivity index (χ1v) is 6.70. The molecule has 1 aromatic heterocycles. The van der Waals surface area contributed by atoms with Crippen molar-refractivity contribution in [2.24, 2.45) is 11.8 Å². The first kappa shape index (κ1) is 12.5. The number of nitrogens with one attached hydrogen (secondary N) is 1. The molecular formula is C11H17N3O2S. The fraction of sp³-hybridized carbons (Fsp3) is 0.636. The minimum Gasteiger partial charge on any atom is -0.375 e. The Hall–Kier alpha value is -0.980. The fourth-order valence-electron chi connectivity index (χ4n) is 1.75. The summed E-state index contributed by atoms with van der Waals surface area (Å²) in [7, 11) is 0. The summed E-state index contributed by atoms with van der Waals surface area (Å²) in [5.41, 5.74) is 2.85. The molecule has 0 bridgehead atoms. The maximum atomic E-state index is 11.2. The number of nitrogens with zero attached hydrogens (tertiary/aromatic N) is 1. The smallest absolute Gasteiger partial charge is 0.294 e. The predicted molar refractivity (Wildman–Crippen MR) is 65.4 cm³/mol. The van der Waals surface area contributed by atoms with Crippen LogP contribution in [0.1, 0.15) is 41.2 Å². The zero-order valence-electron chi connectivity index (χ0n) is 9.65. The summed E-state index contributed by atoms with van der Waals surface area (Å²) in [6.07, 6.45) is 5.20. The summed E-state index contributed by atoms with van der Waals surface area (Å²) in [6.45, 7) is 1.25. The van der Waals surface area contributed by atoms with E-state index in [1.165, 1.54) is 30.6 Å². The highest BCUT2D eigenvalue weighted by Crippen LogP contribution is 2.29. The van der Waals surface area contributed by atoms with Gasteiger partial charge in [0.2, 0.25) is 0 Å². The molecule has 0 aliphatic heterocycles. The molecule has 0 saturated heterocycles. The van der Waals surface area contributed by atoms with Crippen molar-refractivity contribution in [3.8, 4) is 0 Å². The third-order valence-electron chi connectivity index (χ3n) is 3.02. The third kappa shape index (κ3) is 3.49. The molecule has 0 spiro atoms. The Balaban J connectivity index is 1.67. The molecule has 0 unspecified atom stereocenters. The van der Waals surface area contributed by atoms with Crippen molar-refractivity contribution in [2.75, 3.05) is 6.61 Å². The van der Waals surface area contributed by atoms with E-state index in [4.69, 9.17) is 10.6 Å². The number of aromatic nitrogens is 1. The van der Waals surface area contributed by atoms with Crippen LogP contribution in [0.25, 0.3) is 0 Å². The number of carbonyl (C=O) groups excluding carboxylic acids is 1. The van der Waals surface area contributed by atoms with Crippen LogP contribution in [0.4, 0.5) is 0 Å². The van der Waals surface area contributed by atoms with E-state index in [1.807, 2.05) is 5.38 Å². The highest BCUT2D eigenvalue weighted by Gasteiger charge is 2.16. The average Bonchev–Trinajstić information content (AvgIpc) is 2.74. The van der Waals surface area contributed by atoms with Crippen molar-refractivity contribution in [1.29, 1.82) is 0 Å². The number of hydrogen-bond acceptors (Lipinski definition) is 5. The molecular weight excluding hydrogens is 238 g/mol. The minimum atomic E-state index is -0.351. The van der Waals surface area contributed by atoms with E-state index < -0.39 is 0 Å². The van der Waals surface area contributed by atoms with E-state index >= 15 is 0 Å². The van der Waals surface area contributed by atoms with Gasteiger partial charge >= 0.3 is 0 Å². The van der Waals surface area contributed by atoms with Gasteiger partial charge in [-0.05, 0) is 12.3 Å². The molecule has 0 atom stereocenters. The van der Waals surface area contributed by atoms with Crippen LogP contribution in [0.2, 0.25) is 0 Å². The van der Waals surface area contributed by atoms with Gasteiger partial charge in [0, 0.05) is 12.0 Å². The number of ether oxygens (including phenoxy) is 1. The normalized spacial score (nSPS) is 15.6. The molecule has 1 aliphatic carbocycles. The van der Waals surface area contributed by atoms with Gasteiger partial charge in [-0.3, -0.25) is 10.2 Å². The van der Waals surface area contributed by atoms with Gasteiger partial charge in [-0.25, -0.2) is 10.8 Å². The standard InChI is InChI=1S/C11H17N3O2S/c12-14-10(15)11-13-9(7-17-11)6-16-5-4-8-2-1-3-8/h7-8H,1-6,12H2,(H,14,15). The van der Waals surface area contributed by atoms with Crippen molar-refractivity contribution in [2.45, 2.75) is 32.3 Å². The van der Waals surface area contributed by atoms with Gasteiger partial charge in [0.1, 0.15) is 0 Å². The molecule has 94 valence electrons. The summed E-state index contributed by atoms with van der Waals surface area (Å²) in [4.78, 5) is 15.3. The van der Waals surface area contributed by atoms with Crippen molar-refractivity contribution in [3.63, 3.8) is 0 Å². The highest BCUT2D eigenvalue weighted by molar-refractivity contribution is 7.11. The maximum Gasteiger partial charge on any atom is 0.294 e. The Labute approximate surface area is 104 Å². The van der Waals surface area contributed by atoms with Gasteiger partial charge in [-0.1, -0.05) is 19.3 Å². The van der Waals surface area contributed by atoms with E-state index in [0.717, 1.165) is 24.6 Å². The molecule has 1 amide bonds. The van der Waals surface area contributed by atoms with Crippen molar-refractivity contribution >= 4 is 17.2 Å². The van der Waals surface area contributed by atoms with Gasteiger partial charge in [-0.2, -0.15) is 0 Å². The summed E-state index contributed by atoms with van der Waals surface area (Å²) in [5, 5.41) is 2.21. The van der Waals surface area contributed by atoms with Crippen LogP contribution in [0.5, 0.6) is 0 Å². The van der Waals surface area contributed by atoms with E-state index in [9.17, 15) is 4.79 Å². The van der Waals surface area contributed by atoms with Crippen LogP contribution in [0.15, 0.2) is 5.38 Å². The number of hydrazine groups is 1. The third-order valence-corrected chi connectivity index (χ3v) is 3.91. The Morgan fingerprint density at radius 2 is 2.47 bits per heavy atom. The molecule has 1 fully saturated rings. The molecule has 17 heavy (non-hydrogen) atoms. The van der Waals surface area contributed by atoms with Crippen LogP contribution in [0, 0.1) is 5.92 Å². The predicted octanol–water partition coefficient (Wildman–Crippen LogP) is 1.45. The van der Waals surface area contributed by atoms with Gasteiger partial charge in [0.25, 0.3) is 5.91 Å². The average molecular weight is 255 g/mol. The Morgan fingerprint density at radius 3 is 3.12 bits per heavy atom. The molecule has 0 aromatic carbocycles. The Morgan fingerprint density at radius 1 is 1.65 bits per heavy atom. The van der Waals surface area contributed by atoms with E-state index in [-0.39, 0.29) is 5.91 Å². The minimum absolute atomic E-state index is 0.351. The van der Waals surface area contributed by atoms with Crippen LogP contribution in [-0.2, 0) is 11.3 Å². The monoisotopic (exact) mass is 255 g/mol. The lowest BCUT2D eigenvalue weighted by Crippen LogP contribution is -2.29. The summed E-state index contributed by atoms with van der Waals surface area (Å²) in [6, 6.07) is 0. The number of rotatable bonds is 6. The lowest BCUT2D eigenvalue weighted by Gasteiger charge is -2.24. The second kappa shape index (κ2) is 6.09. The lowest BCUT2D eigenvalue weighted by molar-refractivity contribution is 0.0921. The fourth-order valence-corrected chi connectivity index (χ4v) is 2.45. The van der Waals surface area contributed by atoms with Crippen molar-refractivity contribution in [3.05, 3.63) is 16.1 Å². The topological polar surface area (TPSA) is 77.2 Å². The lowest BCUT2D eigenvalue weighted by atomic mass is 9.83. The second-order valence-electron chi connectivity index (χ2n) is 4.26. The van der Waals surface area contributed by atoms with E-state index in [1.54, 1.807) is 0 Å². The van der Waals surface area contributed by atoms with Gasteiger partial charge in [0.05, 0.1) is 12.3 Å². The number of carbonyl (C=O) groups is 1. The molecule has 1 aliphatic rings. The van der Waals surface area contributed by atoms with E-state index in [2.05, 4.69) is 10.4 Å². The van der Waals surface area contributed by atoms with Crippen LogP contribution in [-0.4, -0.2) is 17.5 Å². The maximum absolute atomic E-state index is 11.2.